The zero-order valence-electron chi connectivity index (χ0n) is 17.8. The number of nitrogens with zero attached hydrogens (tertiary/aromatic N) is 4. The van der Waals surface area contributed by atoms with Gasteiger partial charge in [-0.1, -0.05) is 18.2 Å². The molecular formula is C21H30N4O3S. The first kappa shape index (κ1) is 21.5. The highest BCUT2D eigenvalue weighted by Crippen LogP contribution is 2.24. The number of hydrogen-bond acceptors (Lipinski definition) is 4. The number of amides is 1. The van der Waals surface area contributed by atoms with Gasteiger partial charge in [0.1, 0.15) is 0 Å². The molecule has 1 aliphatic rings. The number of rotatable bonds is 5. The molecular weight excluding hydrogens is 388 g/mol. The molecule has 0 radical (unpaired) electrons. The smallest absolute Gasteiger partial charge is 0.225 e. The Kier molecular flexibility index (Phi) is 6.14. The van der Waals surface area contributed by atoms with E-state index in [1.54, 1.807) is 4.90 Å². The predicted octanol–water partition coefficient (Wildman–Crippen LogP) is 2.43. The Bertz CT molecular complexity index is 1000. The maximum absolute atomic E-state index is 12.9. The summed E-state index contributed by atoms with van der Waals surface area (Å²) in [6.07, 6.45) is 2.35. The van der Waals surface area contributed by atoms with Crippen LogP contribution >= 0.6 is 0 Å². The van der Waals surface area contributed by atoms with Crippen LogP contribution in [0.2, 0.25) is 0 Å². The molecule has 0 bridgehead atoms. The average molecular weight is 419 g/mol. The molecule has 0 saturated carbocycles. The number of piperidine rings is 1. The van der Waals surface area contributed by atoms with Crippen molar-refractivity contribution in [2.45, 2.75) is 40.2 Å². The summed E-state index contributed by atoms with van der Waals surface area (Å²) < 4.78 is 26.8. The highest BCUT2D eigenvalue weighted by molar-refractivity contribution is 7.88. The van der Waals surface area contributed by atoms with E-state index in [-0.39, 0.29) is 11.8 Å². The second kappa shape index (κ2) is 8.28. The molecule has 0 atom stereocenters. The Morgan fingerprint density at radius 1 is 1.17 bits per heavy atom. The fourth-order valence-electron chi connectivity index (χ4n) is 4.00. The van der Waals surface area contributed by atoms with Crippen molar-refractivity contribution in [2.75, 3.05) is 26.4 Å². The Hall–Kier alpha value is -2.19. The molecule has 8 heteroatoms. The number of sulfonamides is 1. The van der Waals surface area contributed by atoms with E-state index in [0.29, 0.717) is 32.5 Å². The normalized spacial score (nSPS) is 16.2. The maximum atomic E-state index is 12.9. The van der Waals surface area contributed by atoms with Gasteiger partial charge >= 0.3 is 0 Å². The van der Waals surface area contributed by atoms with Crippen molar-refractivity contribution in [1.82, 2.24) is 19.0 Å². The van der Waals surface area contributed by atoms with Crippen LogP contribution < -0.4 is 0 Å². The lowest BCUT2D eigenvalue weighted by Gasteiger charge is -2.31. The molecule has 1 fully saturated rings. The van der Waals surface area contributed by atoms with Crippen molar-refractivity contribution >= 4 is 15.9 Å². The Morgan fingerprint density at radius 3 is 2.38 bits per heavy atom. The van der Waals surface area contributed by atoms with Gasteiger partial charge in [0.2, 0.25) is 15.9 Å². The number of benzene rings is 1. The summed E-state index contributed by atoms with van der Waals surface area (Å²) in [4.78, 5) is 14.7. The van der Waals surface area contributed by atoms with E-state index in [1.165, 1.54) is 10.6 Å². The number of carbonyl (C=O) groups excluding carboxylic acids is 1. The number of hydrogen-bond donors (Lipinski definition) is 0. The highest BCUT2D eigenvalue weighted by Gasteiger charge is 2.31. The van der Waals surface area contributed by atoms with Crippen LogP contribution in [0.25, 0.3) is 5.69 Å². The van der Waals surface area contributed by atoms with Gasteiger partial charge in [0.15, 0.2) is 0 Å². The van der Waals surface area contributed by atoms with Crippen LogP contribution in [0.3, 0.4) is 0 Å². The zero-order valence-corrected chi connectivity index (χ0v) is 18.7. The number of para-hydroxylation sites is 1. The summed E-state index contributed by atoms with van der Waals surface area (Å²) in [5.41, 5.74) is 5.19. The molecule has 2 heterocycles. The quantitative estimate of drug-likeness (QED) is 0.747. The van der Waals surface area contributed by atoms with Gasteiger partial charge in [0.05, 0.1) is 17.6 Å². The Morgan fingerprint density at radius 2 is 1.79 bits per heavy atom. The minimum Gasteiger partial charge on any atom is -0.341 e. The van der Waals surface area contributed by atoms with Gasteiger partial charge in [-0.05, 0) is 45.2 Å². The van der Waals surface area contributed by atoms with E-state index in [4.69, 9.17) is 5.10 Å². The van der Waals surface area contributed by atoms with Gasteiger partial charge in [-0.3, -0.25) is 4.79 Å². The minimum absolute atomic E-state index is 0.0700. The van der Waals surface area contributed by atoms with E-state index in [2.05, 4.69) is 13.0 Å². The lowest BCUT2D eigenvalue weighted by molar-refractivity contribution is -0.135. The van der Waals surface area contributed by atoms with Crippen LogP contribution in [0.1, 0.15) is 35.4 Å². The number of aryl methyl sites for hydroxylation is 2. The summed E-state index contributed by atoms with van der Waals surface area (Å²) in [7, 11) is -1.37. The molecule has 7 nitrogen and oxygen atoms in total. The summed E-state index contributed by atoms with van der Waals surface area (Å²) in [5.74, 6) is -0.0642. The van der Waals surface area contributed by atoms with Crippen molar-refractivity contribution in [2.24, 2.45) is 5.92 Å². The van der Waals surface area contributed by atoms with Crippen molar-refractivity contribution in [3.63, 3.8) is 0 Å². The van der Waals surface area contributed by atoms with Crippen LogP contribution in [0, 0.1) is 26.7 Å². The Balaban J connectivity index is 1.72. The van der Waals surface area contributed by atoms with E-state index in [0.717, 1.165) is 28.2 Å². The molecule has 29 heavy (non-hydrogen) atoms. The molecule has 0 aliphatic carbocycles. The Labute approximate surface area is 173 Å². The van der Waals surface area contributed by atoms with E-state index >= 15 is 0 Å². The summed E-state index contributed by atoms with van der Waals surface area (Å²) in [5, 5.41) is 4.71. The molecule has 3 rings (SSSR count). The van der Waals surface area contributed by atoms with Crippen LogP contribution in [0.4, 0.5) is 0 Å². The number of carbonyl (C=O) groups is 1. The first-order valence-corrected chi connectivity index (χ1v) is 11.8. The summed E-state index contributed by atoms with van der Waals surface area (Å²) >= 11 is 0. The molecule has 1 saturated heterocycles. The second-order valence-electron chi connectivity index (χ2n) is 7.98. The molecule has 2 aromatic rings. The largest absolute Gasteiger partial charge is 0.341 e. The van der Waals surface area contributed by atoms with E-state index < -0.39 is 10.0 Å². The van der Waals surface area contributed by atoms with Crippen LogP contribution in [-0.2, 0) is 21.4 Å². The topological polar surface area (TPSA) is 75.5 Å². The van der Waals surface area contributed by atoms with Crippen LogP contribution in [0.5, 0.6) is 0 Å². The van der Waals surface area contributed by atoms with Crippen molar-refractivity contribution in [1.29, 1.82) is 0 Å². The molecule has 1 aliphatic heterocycles. The van der Waals surface area contributed by atoms with Gasteiger partial charge in [-0.25, -0.2) is 17.4 Å². The average Bonchev–Trinajstić information content (AvgIpc) is 2.95. The van der Waals surface area contributed by atoms with Crippen molar-refractivity contribution in [3.8, 4) is 5.69 Å². The van der Waals surface area contributed by atoms with Gasteiger partial charge in [0.25, 0.3) is 0 Å². The minimum atomic E-state index is -3.18. The zero-order chi connectivity index (χ0) is 21.3. The number of aromatic nitrogens is 2. The van der Waals surface area contributed by atoms with E-state index in [9.17, 15) is 13.2 Å². The second-order valence-corrected chi connectivity index (χ2v) is 9.96. The summed E-state index contributed by atoms with van der Waals surface area (Å²) in [6, 6.07) is 8.11. The molecule has 1 aromatic carbocycles. The molecule has 158 valence electrons. The van der Waals surface area contributed by atoms with Gasteiger partial charge in [0, 0.05) is 43.9 Å². The molecule has 0 unspecified atom stereocenters. The third kappa shape index (κ3) is 4.53. The third-order valence-electron chi connectivity index (χ3n) is 5.83. The van der Waals surface area contributed by atoms with Gasteiger partial charge in [-0.2, -0.15) is 5.10 Å². The molecule has 1 amide bonds. The fraction of sp³-hybridized carbons (Fsp3) is 0.524. The highest BCUT2D eigenvalue weighted by atomic mass is 32.2. The van der Waals surface area contributed by atoms with Gasteiger partial charge < -0.3 is 4.90 Å². The predicted molar refractivity (Wildman–Crippen MR) is 113 cm³/mol. The lowest BCUT2D eigenvalue weighted by atomic mass is 9.96. The van der Waals surface area contributed by atoms with Crippen LogP contribution in [-0.4, -0.2) is 59.7 Å². The molecule has 0 spiro atoms. The fourth-order valence-corrected chi connectivity index (χ4v) is 4.87. The monoisotopic (exact) mass is 418 g/mol. The van der Waals surface area contributed by atoms with Gasteiger partial charge in [-0.15, -0.1) is 0 Å². The molecule has 0 N–H and O–H groups in total. The maximum Gasteiger partial charge on any atom is 0.225 e. The van der Waals surface area contributed by atoms with Crippen LogP contribution in [0.15, 0.2) is 24.3 Å². The first-order chi connectivity index (χ1) is 13.6. The van der Waals surface area contributed by atoms with E-state index in [1.807, 2.05) is 43.8 Å². The van der Waals surface area contributed by atoms with Crippen molar-refractivity contribution in [3.05, 3.63) is 46.8 Å². The SMILES string of the molecule is Cc1ccccc1-n1nc(C)c(CN(C)C(=O)C2CCN(S(C)(=O)=O)CC2)c1C. The standard InChI is InChI=1S/C21H30N4O3S/c1-15-8-6-7-9-20(15)25-17(3)19(16(2)22-25)14-23(4)21(26)18-10-12-24(13-11-18)29(5,27)28/h6-9,18H,10-14H2,1-5H3. The third-order valence-corrected chi connectivity index (χ3v) is 7.13. The lowest BCUT2D eigenvalue weighted by Crippen LogP contribution is -2.43. The molecule has 1 aromatic heterocycles. The van der Waals surface area contributed by atoms with Crippen molar-refractivity contribution < 1.29 is 13.2 Å². The first-order valence-electron chi connectivity index (χ1n) is 9.90. The summed E-state index contributed by atoms with van der Waals surface area (Å²) in [6.45, 7) is 7.38.